The van der Waals surface area contributed by atoms with Crippen molar-refractivity contribution in [1.29, 1.82) is 0 Å². The maximum absolute atomic E-state index is 12.7. The average Bonchev–Trinajstić information content (AvgIpc) is 2.63. The Bertz CT molecular complexity index is 622. The van der Waals surface area contributed by atoms with Crippen LogP contribution in [-0.4, -0.2) is 17.8 Å². The summed E-state index contributed by atoms with van der Waals surface area (Å²) in [6.07, 6.45) is 0. The summed E-state index contributed by atoms with van der Waals surface area (Å²) in [5, 5.41) is 0.187. The van der Waals surface area contributed by atoms with E-state index in [4.69, 9.17) is 0 Å². The van der Waals surface area contributed by atoms with E-state index in [-0.39, 0.29) is 10.0 Å². The monoisotopic (exact) mass is 273 g/mol. The fourth-order valence-corrected chi connectivity index (χ4v) is 2.92. The first-order valence-corrected chi connectivity index (χ1v) is 6.82. The van der Waals surface area contributed by atoms with Crippen LogP contribution in [0.3, 0.4) is 0 Å². The number of rotatable bonds is 3. The number of anilines is 1. The van der Waals surface area contributed by atoms with Crippen LogP contribution in [0.5, 0.6) is 0 Å². The highest BCUT2D eigenvalue weighted by atomic mass is 32.2. The van der Waals surface area contributed by atoms with E-state index in [9.17, 15) is 12.8 Å². The van der Waals surface area contributed by atoms with Gasteiger partial charge in [0.15, 0.2) is 0 Å². The molecule has 1 heterocycles. The molecule has 2 aromatic rings. The van der Waals surface area contributed by atoms with Crippen LogP contribution in [-0.2, 0) is 10.0 Å². The molecule has 1 aromatic carbocycles. The number of nitrogens with zero attached hydrogens (tertiary/aromatic N) is 2. The fourth-order valence-electron chi connectivity index (χ4n) is 1.13. The molecule has 0 saturated carbocycles. The van der Waals surface area contributed by atoms with Crippen molar-refractivity contribution in [3.63, 3.8) is 0 Å². The highest BCUT2D eigenvalue weighted by Gasteiger charge is 2.16. The third-order valence-corrected chi connectivity index (χ3v) is 4.08. The van der Waals surface area contributed by atoms with Gasteiger partial charge in [0.05, 0.1) is 4.90 Å². The van der Waals surface area contributed by atoms with Crippen molar-refractivity contribution >= 4 is 26.7 Å². The van der Waals surface area contributed by atoms with Crippen LogP contribution < -0.4 is 4.72 Å². The third-order valence-electron chi connectivity index (χ3n) is 1.87. The molecule has 0 aliphatic heterocycles. The summed E-state index contributed by atoms with van der Waals surface area (Å²) in [7, 11) is -3.73. The van der Waals surface area contributed by atoms with Gasteiger partial charge in [0, 0.05) is 11.5 Å². The van der Waals surface area contributed by atoms with Gasteiger partial charge in [0.1, 0.15) is 11.6 Å². The first kappa shape index (κ1) is 11.9. The first-order chi connectivity index (χ1) is 7.97. The molecule has 17 heavy (non-hydrogen) atoms. The lowest BCUT2D eigenvalue weighted by Gasteiger charge is -2.03. The Morgan fingerprint density at radius 3 is 2.47 bits per heavy atom. The van der Waals surface area contributed by atoms with Crippen molar-refractivity contribution < 1.29 is 12.8 Å². The molecule has 0 unspecified atom stereocenters. The summed E-state index contributed by atoms with van der Waals surface area (Å²) in [5.41, 5.74) is 0. The van der Waals surface area contributed by atoms with Gasteiger partial charge in [-0.25, -0.2) is 17.8 Å². The van der Waals surface area contributed by atoms with Crippen molar-refractivity contribution in [3.05, 3.63) is 35.9 Å². The van der Waals surface area contributed by atoms with Crippen molar-refractivity contribution in [1.82, 2.24) is 9.36 Å². The minimum atomic E-state index is -3.73. The topological polar surface area (TPSA) is 72.0 Å². The average molecular weight is 273 g/mol. The van der Waals surface area contributed by atoms with E-state index in [2.05, 4.69) is 14.1 Å². The highest BCUT2D eigenvalue weighted by molar-refractivity contribution is 7.93. The molecule has 0 radical (unpaired) electrons. The standard InChI is InChI=1S/C9H8FN3O2S2/c1-6-11-9(16-12-6)13-17(14,15)8-4-2-7(10)3-5-8/h2-5H,1H3,(H,11,12,13). The van der Waals surface area contributed by atoms with Gasteiger partial charge in [0.25, 0.3) is 10.0 Å². The summed E-state index contributed by atoms with van der Waals surface area (Å²) in [5.74, 6) is 0.00233. The van der Waals surface area contributed by atoms with Gasteiger partial charge in [-0.2, -0.15) is 4.37 Å². The van der Waals surface area contributed by atoms with Crippen LogP contribution in [0.15, 0.2) is 29.2 Å². The largest absolute Gasteiger partial charge is 0.263 e. The molecule has 0 bridgehead atoms. The number of aryl methyl sites for hydroxylation is 1. The first-order valence-electron chi connectivity index (χ1n) is 4.56. The normalized spacial score (nSPS) is 11.4. The van der Waals surface area contributed by atoms with Crippen LogP contribution in [0.2, 0.25) is 0 Å². The Kier molecular flexibility index (Phi) is 3.07. The second kappa shape index (κ2) is 4.38. The van der Waals surface area contributed by atoms with Crippen LogP contribution in [0.25, 0.3) is 0 Å². The van der Waals surface area contributed by atoms with E-state index in [1.807, 2.05) is 0 Å². The maximum atomic E-state index is 12.7. The van der Waals surface area contributed by atoms with Crippen molar-refractivity contribution in [2.45, 2.75) is 11.8 Å². The number of sulfonamides is 1. The Morgan fingerprint density at radius 2 is 1.94 bits per heavy atom. The van der Waals surface area contributed by atoms with Crippen LogP contribution in [0, 0.1) is 12.7 Å². The molecule has 0 spiro atoms. The van der Waals surface area contributed by atoms with Gasteiger partial charge in [0.2, 0.25) is 5.13 Å². The molecule has 8 heteroatoms. The molecule has 1 aromatic heterocycles. The minimum Gasteiger partial charge on any atom is -0.253 e. The summed E-state index contributed by atoms with van der Waals surface area (Å²) in [4.78, 5) is 3.86. The van der Waals surface area contributed by atoms with Crippen molar-refractivity contribution in [2.24, 2.45) is 0 Å². The summed E-state index contributed by atoms with van der Waals surface area (Å²) in [6.45, 7) is 1.66. The maximum Gasteiger partial charge on any atom is 0.263 e. The van der Waals surface area contributed by atoms with Crippen LogP contribution >= 0.6 is 11.5 Å². The number of hydrogen-bond acceptors (Lipinski definition) is 5. The van der Waals surface area contributed by atoms with Crippen LogP contribution in [0.1, 0.15) is 5.82 Å². The molecule has 2 rings (SSSR count). The highest BCUT2D eigenvalue weighted by Crippen LogP contribution is 2.17. The Balaban J connectivity index is 2.28. The zero-order chi connectivity index (χ0) is 12.5. The minimum absolute atomic E-state index is 0.0215. The van der Waals surface area contributed by atoms with Gasteiger partial charge >= 0.3 is 0 Å². The lowest BCUT2D eigenvalue weighted by Crippen LogP contribution is -2.12. The Morgan fingerprint density at radius 1 is 1.29 bits per heavy atom. The molecule has 0 aliphatic carbocycles. The number of benzene rings is 1. The molecule has 0 atom stereocenters. The molecule has 0 fully saturated rings. The molecule has 1 N–H and O–H groups in total. The number of halogens is 1. The van der Waals surface area contributed by atoms with Crippen molar-refractivity contribution in [3.8, 4) is 0 Å². The van der Waals surface area contributed by atoms with Crippen LogP contribution in [0.4, 0.5) is 9.52 Å². The van der Waals surface area contributed by atoms with Gasteiger partial charge in [-0.1, -0.05) is 0 Å². The lowest BCUT2D eigenvalue weighted by atomic mass is 10.4. The zero-order valence-corrected chi connectivity index (χ0v) is 10.3. The fraction of sp³-hybridized carbons (Fsp3) is 0.111. The second-order valence-corrected chi connectivity index (χ2v) is 5.64. The zero-order valence-electron chi connectivity index (χ0n) is 8.71. The van der Waals surface area contributed by atoms with Gasteiger partial charge in [-0.3, -0.25) is 4.72 Å². The van der Waals surface area contributed by atoms with Gasteiger partial charge < -0.3 is 0 Å². The summed E-state index contributed by atoms with van der Waals surface area (Å²) < 4.78 is 42.4. The van der Waals surface area contributed by atoms with E-state index in [1.165, 1.54) is 12.1 Å². The number of nitrogens with one attached hydrogen (secondary N) is 1. The summed E-state index contributed by atoms with van der Waals surface area (Å²) >= 11 is 0.949. The van der Waals surface area contributed by atoms with E-state index in [1.54, 1.807) is 6.92 Å². The summed E-state index contributed by atoms with van der Waals surface area (Å²) in [6, 6.07) is 4.54. The molecular formula is C9H8FN3O2S2. The van der Waals surface area contributed by atoms with E-state index in [0.29, 0.717) is 5.82 Å². The number of hydrogen-bond donors (Lipinski definition) is 1. The van der Waals surface area contributed by atoms with E-state index in [0.717, 1.165) is 23.7 Å². The predicted molar refractivity (Wildman–Crippen MR) is 61.9 cm³/mol. The molecule has 90 valence electrons. The van der Waals surface area contributed by atoms with Crippen molar-refractivity contribution in [2.75, 3.05) is 4.72 Å². The quantitative estimate of drug-likeness (QED) is 0.925. The van der Waals surface area contributed by atoms with E-state index < -0.39 is 15.8 Å². The third kappa shape index (κ3) is 2.77. The smallest absolute Gasteiger partial charge is 0.253 e. The Labute approximate surface area is 102 Å². The molecule has 5 nitrogen and oxygen atoms in total. The molecule has 0 aliphatic rings. The Hall–Kier alpha value is -1.54. The predicted octanol–water partition coefficient (Wildman–Crippen LogP) is 1.79. The van der Waals surface area contributed by atoms with E-state index >= 15 is 0 Å². The lowest BCUT2D eigenvalue weighted by molar-refractivity contribution is 0.599. The molecule has 0 amide bonds. The second-order valence-electron chi connectivity index (χ2n) is 3.21. The number of aromatic nitrogens is 2. The molecule has 0 saturated heterocycles. The van der Waals surface area contributed by atoms with Gasteiger partial charge in [-0.05, 0) is 31.2 Å². The van der Waals surface area contributed by atoms with Gasteiger partial charge in [-0.15, -0.1) is 0 Å². The molecular weight excluding hydrogens is 265 g/mol. The SMILES string of the molecule is Cc1nsc(NS(=O)(=O)c2ccc(F)cc2)n1.